The number of carbonyl (C=O) groups excluding carboxylic acids is 1. The SMILES string of the molecule is CC1=C(Cc2ccc(OC(C)C)cc2F)C(C=O)NN1. The van der Waals surface area contributed by atoms with Gasteiger partial charge >= 0.3 is 0 Å². The molecule has 0 fully saturated rings. The van der Waals surface area contributed by atoms with Crippen molar-refractivity contribution in [2.75, 3.05) is 0 Å². The second-order valence-electron chi connectivity index (χ2n) is 5.13. The highest BCUT2D eigenvalue weighted by Crippen LogP contribution is 2.23. The van der Waals surface area contributed by atoms with Crippen molar-refractivity contribution in [3.8, 4) is 5.75 Å². The molecule has 0 saturated carbocycles. The zero-order chi connectivity index (χ0) is 14.7. The Kier molecular flexibility index (Phi) is 4.39. The molecule has 1 aromatic rings. The molecule has 1 atom stereocenters. The molecule has 1 aliphatic rings. The first kappa shape index (κ1) is 14.5. The molecule has 0 saturated heterocycles. The summed E-state index contributed by atoms with van der Waals surface area (Å²) < 4.78 is 19.5. The lowest BCUT2D eigenvalue weighted by atomic mass is 9.99. The first-order chi connectivity index (χ1) is 9.51. The van der Waals surface area contributed by atoms with Crippen molar-refractivity contribution in [2.24, 2.45) is 0 Å². The molecule has 1 aromatic carbocycles. The maximum absolute atomic E-state index is 14.1. The molecule has 5 heteroatoms. The van der Waals surface area contributed by atoms with E-state index < -0.39 is 6.04 Å². The highest BCUT2D eigenvalue weighted by Gasteiger charge is 2.23. The van der Waals surface area contributed by atoms with Gasteiger partial charge in [-0.3, -0.25) is 0 Å². The van der Waals surface area contributed by atoms with Gasteiger partial charge in [0, 0.05) is 18.2 Å². The lowest BCUT2D eigenvalue weighted by Gasteiger charge is -2.12. The number of hydrazine groups is 1. The van der Waals surface area contributed by atoms with Gasteiger partial charge in [0.15, 0.2) is 0 Å². The third kappa shape index (κ3) is 3.17. The Labute approximate surface area is 118 Å². The van der Waals surface area contributed by atoms with Crippen molar-refractivity contribution in [2.45, 2.75) is 39.3 Å². The average molecular weight is 278 g/mol. The van der Waals surface area contributed by atoms with Crippen LogP contribution < -0.4 is 15.6 Å². The van der Waals surface area contributed by atoms with Gasteiger partial charge in [0.2, 0.25) is 0 Å². The quantitative estimate of drug-likeness (QED) is 0.810. The Morgan fingerprint density at radius 2 is 2.20 bits per heavy atom. The van der Waals surface area contributed by atoms with E-state index in [9.17, 15) is 9.18 Å². The minimum absolute atomic E-state index is 0.00729. The fraction of sp³-hybridized carbons (Fsp3) is 0.400. The molecule has 1 heterocycles. The maximum atomic E-state index is 14.1. The van der Waals surface area contributed by atoms with E-state index in [1.54, 1.807) is 12.1 Å². The van der Waals surface area contributed by atoms with Gasteiger partial charge < -0.3 is 15.0 Å². The minimum Gasteiger partial charge on any atom is -0.491 e. The zero-order valence-corrected chi connectivity index (χ0v) is 11.9. The number of ether oxygens (including phenoxy) is 1. The van der Waals surface area contributed by atoms with Crippen LogP contribution in [0, 0.1) is 5.82 Å². The molecule has 1 aliphatic heterocycles. The molecule has 4 nitrogen and oxygen atoms in total. The smallest absolute Gasteiger partial charge is 0.142 e. The van der Waals surface area contributed by atoms with Crippen LogP contribution in [-0.4, -0.2) is 18.4 Å². The van der Waals surface area contributed by atoms with Crippen LogP contribution in [0.1, 0.15) is 26.3 Å². The van der Waals surface area contributed by atoms with E-state index >= 15 is 0 Å². The summed E-state index contributed by atoms with van der Waals surface area (Å²) in [5.74, 6) is 0.196. The molecule has 0 aliphatic carbocycles. The van der Waals surface area contributed by atoms with Gasteiger partial charge in [-0.05, 0) is 38.0 Å². The van der Waals surface area contributed by atoms with E-state index in [0.29, 0.717) is 17.7 Å². The highest BCUT2D eigenvalue weighted by molar-refractivity contribution is 5.65. The second-order valence-corrected chi connectivity index (χ2v) is 5.13. The Morgan fingerprint density at radius 3 is 2.80 bits per heavy atom. The van der Waals surface area contributed by atoms with Gasteiger partial charge in [-0.2, -0.15) is 0 Å². The topological polar surface area (TPSA) is 50.4 Å². The Balaban J connectivity index is 2.18. The summed E-state index contributed by atoms with van der Waals surface area (Å²) in [6.07, 6.45) is 1.21. The lowest BCUT2D eigenvalue weighted by Crippen LogP contribution is -2.33. The number of benzene rings is 1. The number of aldehydes is 1. The van der Waals surface area contributed by atoms with Crippen LogP contribution in [0.3, 0.4) is 0 Å². The Morgan fingerprint density at radius 1 is 1.45 bits per heavy atom. The van der Waals surface area contributed by atoms with Crippen molar-refractivity contribution < 1.29 is 13.9 Å². The van der Waals surface area contributed by atoms with E-state index in [2.05, 4.69) is 10.9 Å². The molecular weight excluding hydrogens is 259 g/mol. The number of carbonyl (C=O) groups is 1. The monoisotopic (exact) mass is 278 g/mol. The highest BCUT2D eigenvalue weighted by atomic mass is 19.1. The molecule has 1 unspecified atom stereocenters. The van der Waals surface area contributed by atoms with Crippen molar-refractivity contribution in [3.63, 3.8) is 0 Å². The standard InChI is InChI=1S/C15H19FN2O2/c1-9(2)20-12-5-4-11(14(16)7-12)6-13-10(3)17-18-15(13)8-19/h4-5,7-9,15,17-18H,6H2,1-3H3. The van der Waals surface area contributed by atoms with Gasteiger partial charge in [0.1, 0.15) is 23.9 Å². The minimum atomic E-state index is -0.402. The van der Waals surface area contributed by atoms with Crippen molar-refractivity contribution in [1.82, 2.24) is 10.9 Å². The fourth-order valence-electron chi connectivity index (χ4n) is 2.17. The lowest BCUT2D eigenvalue weighted by molar-refractivity contribution is -0.108. The third-order valence-corrected chi connectivity index (χ3v) is 3.19. The normalized spacial score (nSPS) is 18.4. The van der Waals surface area contributed by atoms with Crippen LogP contribution in [0.2, 0.25) is 0 Å². The number of hydrogen-bond acceptors (Lipinski definition) is 4. The second kappa shape index (κ2) is 6.05. The van der Waals surface area contributed by atoms with Gasteiger partial charge in [-0.1, -0.05) is 6.07 Å². The summed E-state index contributed by atoms with van der Waals surface area (Å²) in [6.45, 7) is 5.65. The predicted octanol–water partition coefficient (Wildman–Crippen LogP) is 2.10. The van der Waals surface area contributed by atoms with E-state index in [4.69, 9.17) is 4.74 Å². The van der Waals surface area contributed by atoms with E-state index in [0.717, 1.165) is 17.6 Å². The maximum Gasteiger partial charge on any atom is 0.142 e. The average Bonchev–Trinajstić information content (AvgIpc) is 2.73. The summed E-state index contributed by atoms with van der Waals surface area (Å²) in [7, 11) is 0. The number of hydrogen-bond donors (Lipinski definition) is 2. The summed E-state index contributed by atoms with van der Waals surface area (Å²) >= 11 is 0. The Bertz CT molecular complexity index is 541. The van der Waals surface area contributed by atoms with Gasteiger partial charge in [0.25, 0.3) is 0 Å². The molecule has 2 N–H and O–H groups in total. The third-order valence-electron chi connectivity index (χ3n) is 3.19. The van der Waals surface area contributed by atoms with Crippen LogP contribution in [0.4, 0.5) is 4.39 Å². The summed E-state index contributed by atoms with van der Waals surface area (Å²) in [6, 6.07) is 4.44. The summed E-state index contributed by atoms with van der Waals surface area (Å²) in [5.41, 5.74) is 8.01. The van der Waals surface area contributed by atoms with E-state index in [1.165, 1.54) is 6.07 Å². The molecule has 0 amide bonds. The van der Waals surface area contributed by atoms with Crippen molar-refractivity contribution in [3.05, 3.63) is 40.8 Å². The van der Waals surface area contributed by atoms with Gasteiger partial charge in [0.05, 0.1) is 6.10 Å². The van der Waals surface area contributed by atoms with Gasteiger partial charge in [-0.25, -0.2) is 9.82 Å². The zero-order valence-electron chi connectivity index (χ0n) is 11.9. The van der Waals surface area contributed by atoms with Crippen LogP contribution in [0.25, 0.3) is 0 Å². The predicted molar refractivity (Wildman–Crippen MR) is 74.7 cm³/mol. The van der Waals surface area contributed by atoms with Gasteiger partial charge in [-0.15, -0.1) is 0 Å². The largest absolute Gasteiger partial charge is 0.491 e. The summed E-state index contributed by atoms with van der Waals surface area (Å²) in [5, 5.41) is 0. The first-order valence-electron chi connectivity index (χ1n) is 6.63. The molecule has 0 aromatic heterocycles. The van der Waals surface area contributed by atoms with Crippen molar-refractivity contribution >= 4 is 6.29 Å². The van der Waals surface area contributed by atoms with Crippen LogP contribution in [-0.2, 0) is 11.2 Å². The number of rotatable bonds is 5. The molecule has 108 valence electrons. The van der Waals surface area contributed by atoms with E-state index in [-0.39, 0.29) is 11.9 Å². The van der Waals surface area contributed by atoms with Crippen LogP contribution in [0.15, 0.2) is 29.5 Å². The molecule has 0 bridgehead atoms. The molecule has 0 spiro atoms. The first-order valence-corrected chi connectivity index (χ1v) is 6.63. The molecular formula is C15H19FN2O2. The summed E-state index contributed by atoms with van der Waals surface area (Å²) in [4.78, 5) is 11.0. The molecule has 20 heavy (non-hydrogen) atoms. The van der Waals surface area contributed by atoms with Crippen LogP contribution in [0.5, 0.6) is 5.75 Å². The van der Waals surface area contributed by atoms with E-state index in [1.807, 2.05) is 20.8 Å². The Hall–Kier alpha value is -1.88. The number of halogens is 1. The number of nitrogens with one attached hydrogen (secondary N) is 2. The van der Waals surface area contributed by atoms with Crippen molar-refractivity contribution in [1.29, 1.82) is 0 Å². The molecule has 2 rings (SSSR count). The fourth-order valence-corrected chi connectivity index (χ4v) is 2.17. The number of allylic oxidation sites excluding steroid dienone is 1. The molecule has 0 radical (unpaired) electrons. The van der Waals surface area contributed by atoms with Crippen LogP contribution >= 0.6 is 0 Å².